The molecule has 7 heteroatoms. The molecule has 0 fully saturated rings. The lowest BCUT2D eigenvalue weighted by atomic mass is 10.1. The molecule has 1 heterocycles. The topological polar surface area (TPSA) is 86.5 Å². The molecule has 0 unspecified atom stereocenters. The van der Waals surface area contributed by atoms with Gasteiger partial charge in [0.15, 0.2) is 11.5 Å². The molecule has 1 N–H and O–H groups in total. The summed E-state index contributed by atoms with van der Waals surface area (Å²) in [5.41, 5.74) is 2.10. The maximum Gasteiger partial charge on any atom is 0.248 e. The predicted molar refractivity (Wildman–Crippen MR) is 115 cm³/mol. The minimum absolute atomic E-state index is 0.276. The Bertz CT molecular complexity index is 1040. The van der Waals surface area contributed by atoms with Crippen molar-refractivity contribution in [3.63, 3.8) is 0 Å². The molecule has 0 spiro atoms. The Labute approximate surface area is 175 Å². The summed E-state index contributed by atoms with van der Waals surface area (Å²) in [5, 5.41) is 6.78. The monoisotopic (exact) mass is 407 g/mol. The van der Waals surface area contributed by atoms with Gasteiger partial charge in [0.1, 0.15) is 0 Å². The van der Waals surface area contributed by atoms with Crippen LogP contribution >= 0.6 is 0 Å². The summed E-state index contributed by atoms with van der Waals surface area (Å²) in [6, 6.07) is 12.8. The average molecular weight is 407 g/mol. The van der Waals surface area contributed by atoms with Crippen LogP contribution in [-0.4, -0.2) is 29.8 Å². The highest BCUT2D eigenvalue weighted by atomic mass is 16.5. The lowest BCUT2D eigenvalue weighted by Crippen LogP contribution is -2.09. The number of hydrogen-bond acceptors (Lipinski definition) is 6. The van der Waals surface area contributed by atoms with Crippen LogP contribution in [0, 0.1) is 12.8 Å². The molecule has 1 amide bonds. The van der Waals surface area contributed by atoms with Gasteiger partial charge in [0.2, 0.25) is 17.6 Å². The fourth-order valence-corrected chi connectivity index (χ4v) is 2.71. The van der Waals surface area contributed by atoms with Crippen molar-refractivity contribution in [2.24, 2.45) is 5.92 Å². The van der Waals surface area contributed by atoms with E-state index in [4.69, 9.17) is 14.0 Å². The van der Waals surface area contributed by atoms with E-state index in [1.807, 2.05) is 36.4 Å². The summed E-state index contributed by atoms with van der Waals surface area (Å²) in [4.78, 5) is 16.7. The first kappa shape index (κ1) is 21.1. The number of aryl methyl sites for hydroxylation is 1. The number of ether oxygens (including phenoxy) is 2. The number of rotatable bonds is 8. The number of amides is 1. The van der Waals surface area contributed by atoms with Gasteiger partial charge in [-0.25, -0.2) is 0 Å². The van der Waals surface area contributed by atoms with Crippen LogP contribution in [0.15, 0.2) is 53.1 Å². The molecule has 7 nitrogen and oxygen atoms in total. The Morgan fingerprint density at radius 3 is 2.70 bits per heavy atom. The maximum absolute atomic E-state index is 12.5. The standard InChI is InChI=1S/C23H25N3O4/c1-15(2)14-29-20-11-9-17(13-21(20)28-4)10-12-22(27)25-19-8-6-5-7-18(19)23-24-16(3)30-26-23/h5-13,15H,14H2,1-4H3,(H,25,27)/b12-10+. The van der Waals surface area contributed by atoms with Crippen LogP contribution in [0.5, 0.6) is 11.5 Å². The van der Waals surface area contributed by atoms with Gasteiger partial charge in [-0.3, -0.25) is 4.79 Å². The molecule has 0 aliphatic rings. The van der Waals surface area contributed by atoms with E-state index >= 15 is 0 Å². The fourth-order valence-electron chi connectivity index (χ4n) is 2.71. The second-order valence-corrected chi connectivity index (χ2v) is 7.12. The van der Waals surface area contributed by atoms with E-state index in [9.17, 15) is 4.79 Å². The zero-order valence-corrected chi connectivity index (χ0v) is 17.5. The molecule has 0 radical (unpaired) electrons. The average Bonchev–Trinajstić information content (AvgIpc) is 3.17. The van der Waals surface area contributed by atoms with Crippen molar-refractivity contribution in [1.82, 2.24) is 10.1 Å². The third-order valence-electron chi connectivity index (χ3n) is 4.14. The van der Waals surface area contributed by atoms with Crippen molar-refractivity contribution in [3.05, 3.63) is 60.0 Å². The summed E-state index contributed by atoms with van der Waals surface area (Å²) >= 11 is 0. The van der Waals surface area contributed by atoms with E-state index in [0.29, 0.717) is 47.0 Å². The predicted octanol–water partition coefficient (Wildman–Crippen LogP) is 4.74. The van der Waals surface area contributed by atoms with Crippen LogP contribution in [-0.2, 0) is 4.79 Å². The van der Waals surface area contributed by atoms with Crippen LogP contribution in [0.3, 0.4) is 0 Å². The van der Waals surface area contributed by atoms with Gasteiger partial charge in [-0.15, -0.1) is 0 Å². The Morgan fingerprint density at radius 1 is 1.20 bits per heavy atom. The molecule has 0 saturated heterocycles. The normalized spacial score (nSPS) is 11.1. The highest BCUT2D eigenvalue weighted by molar-refractivity contribution is 6.03. The van der Waals surface area contributed by atoms with Crippen molar-refractivity contribution in [3.8, 4) is 22.9 Å². The summed E-state index contributed by atoms with van der Waals surface area (Å²) in [5.74, 6) is 2.32. The lowest BCUT2D eigenvalue weighted by molar-refractivity contribution is -0.111. The van der Waals surface area contributed by atoms with Gasteiger partial charge in [-0.05, 0) is 41.8 Å². The quantitative estimate of drug-likeness (QED) is 0.543. The van der Waals surface area contributed by atoms with Crippen LogP contribution in [0.1, 0.15) is 25.3 Å². The van der Waals surface area contributed by atoms with Crippen LogP contribution in [0.2, 0.25) is 0 Å². The van der Waals surface area contributed by atoms with Gasteiger partial charge in [-0.2, -0.15) is 4.98 Å². The molecule has 156 valence electrons. The number of para-hydroxylation sites is 1. The Morgan fingerprint density at radius 2 is 2.00 bits per heavy atom. The minimum atomic E-state index is -0.276. The van der Waals surface area contributed by atoms with Gasteiger partial charge < -0.3 is 19.3 Å². The smallest absolute Gasteiger partial charge is 0.248 e. The second kappa shape index (κ2) is 9.73. The maximum atomic E-state index is 12.5. The number of benzene rings is 2. The van der Waals surface area contributed by atoms with E-state index in [-0.39, 0.29) is 5.91 Å². The van der Waals surface area contributed by atoms with E-state index in [1.165, 1.54) is 6.08 Å². The van der Waals surface area contributed by atoms with Crippen molar-refractivity contribution >= 4 is 17.7 Å². The van der Waals surface area contributed by atoms with E-state index < -0.39 is 0 Å². The number of methoxy groups -OCH3 is 1. The van der Waals surface area contributed by atoms with Gasteiger partial charge in [0, 0.05) is 18.6 Å². The SMILES string of the molecule is COc1cc(/C=C/C(=O)Nc2ccccc2-c2noc(C)n2)ccc1OCC(C)C. The number of anilines is 1. The molecule has 0 bridgehead atoms. The first-order chi connectivity index (χ1) is 14.5. The highest BCUT2D eigenvalue weighted by Gasteiger charge is 2.12. The number of nitrogens with one attached hydrogen (secondary N) is 1. The van der Waals surface area contributed by atoms with Gasteiger partial charge in [0.05, 0.1) is 19.4 Å². The summed E-state index contributed by atoms with van der Waals surface area (Å²) < 4.78 is 16.2. The Balaban J connectivity index is 1.71. The number of carbonyl (C=O) groups is 1. The van der Waals surface area contributed by atoms with Gasteiger partial charge in [-0.1, -0.05) is 37.2 Å². The minimum Gasteiger partial charge on any atom is -0.493 e. The summed E-state index contributed by atoms with van der Waals surface area (Å²) in [6.07, 6.45) is 3.17. The van der Waals surface area contributed by atoms with Crippen molar-refractivity contribution in [2.45, 2.75) is 20.8 Å². The van der Waals surface area contributed by atoms with Crippen molar-refractivity contribution < 1.29 is 18.8 Å². The van der Waals surface area contributed by atoms with Gasteiger partial charge in [0.25, 0.3) is 0 Å². The zero-order chi connectivity index (χ0) is 21.5. The van der Waals surface area contributed by atoms with E-state index in [2.05, 4.69) is 29.3 Å². The highest BCUT2D eigenvalue weighted by Crippen LogP contribution is 2.29. The molecule has 0 aliphatic heterocycles. The summed E-state index contributed by atoms with van der Waals surface area (Å²) in [6.45, 7) is 6.49. The largest absolute Gasteiger partial charge is 0.493 e. The number of nitrogens with zero attached hydrogens (tertiary/aromatic N) is 2. The number of aromatic nitrogens is 2. The van der Waals surface area contributed by atoms with Crippen LogP contribution in [0.25, 0.3) is 17.5 Å². The first-order valence-corrected chi connectivity index (χ1v) is 9.66. The Hall–Kier alpha value is -3.61. The molecule has 30 heavy (non-hydrogen) atoms. The van der Waals surface area contributed by atoms with Crippen molar-refractivity contribution in [2.75, 3.05) is 19.0 Å². The molecule has 0 atom stereocenters. The first-order valence-electron chi connectivity index (χ1n) is 9.66. The molecule has 2 aromatic carbocycles. The summed E-state index contributed by atoms with van der Waals surface area (Å²) in [7, 11) is 1.59. The third kappa shape index (κ3) is 5.47. The van der Waals surface area contributed by atoms with Gasteiger partial charge >= 0.3 is 0 Å². The third-order valence-corrected chi connectivity index (χ3v) is 4.14. The molecule has 3 rings (SSSR count). The molecule has 0 saturated carbocycles. The van der Waals surface area contributed by atoms with Crippen LogP contribution in [0.4, 0.5) is 5.69 Å². The Kier molecular flexibility index (Phi) is 6.85. The second-order valence-electron chi connectivity index (χ2n) is 7.12. The lowest BCUT2D eigenvalue weighted by Gasteiger charge is -2.12. The van der Waals surface area contributed by atoms with Crippen LogP contribution < -0.4 is 14.8 Å². The molecule has 0 aliphatic carbocycles. The van der Waals surface area contributed by atoms with E-state index in [1.54, 1.807) is 26.2 Å². The van der Waals surface area contributed by atoms with Crippen molar-refractivity contribution in [1.29, 1.82) is 0 Å². The number of carbonyl (C=O) groups excluding carboxylic acids is 1. The van der Waals surface area contributed by atoms with E-state index in [0.717, 1.165) is 5.56 Å². The number of hydrogen-bond donors (Lipinski definition) is 1. The molecular formula is C23H25N3O4. The molecule has 1 aromatic heterocycles. The molecule has 3 aromatic rings. The fraction of sp³-hybridized carbons (Fsp3) is 0.261. The zero-order valence-electron chi connectivity index (χ0n) is 17.5. The molecular weight excluding hydrogens is 382 g/mol.